The Hall–Kier alpha value is -3.95. The van der Waals surface area contributed by atoms with Gasteiger partial charge in [-0.05, 0) is 38.1 Å². The number of carbonyl (C=O) groups is 1. The summed E-state index contributed by atoms with van der Waals surface area (Å²) in [5.41, 5.74) is 2.16. The van der Waals surface area contributed by atoms with Crippen LogP contribution in [0.2, 0.25) is 0 Å². The number of ether oxygens (including phenoxy) is 1. The number of methoxy groups -OCH3 is 1. The van der Waals surface area contributed by atoms with E-state index in [-0.39, 0.29) is 18.0 Å². The zero-order valence-corrected chi connectivity index (χ0v) is 19.0. The minimum Gasteiger partial charge on any atom is -0.497 e. The second-order valence-corrected chi connectivity index (χ2v) is 7.91. The van der Waals surface area contributed by atoms with Crippen LogP contribution in [0.15, 0.2) is 47.5 Å². The van der Waals surface area contributed by atoms with Gasteiger partial charge in [0.05, 0.1) is 13.4 Å². The fraction of sp³-hybridized carbons (Fsp3) is 0.348. The number of aromatic nitrogens is 4. The number of aryl methyl sites for hydroxylation is 2. The molecule has 1 aliphatic heterocycles. The van der Waals surface area contributed by atoms with E-state index in [9.17, 15) is 9.59 Å². The van der Waals surface area contributed by atoms with Gasteiger partial charge < -0.3 is 19.9 Å². The largest absolute Gasteiger partial charge is 0.497 e. The summed E-state index contributed by atoms with van der Waals surface area (Å²) < 4.78 is 6.53. The summed E-state index contributed by atoms with van der Waals surface area (Å²) in [7, 11) is 1.63. The van der Waals surface area contributed by atoms with Gasteiger partial charge in [0.2, 0.25) is 11.9 Å². The quantitative estimate of drug-likeness (QED) is 0.607. The number of anilines is 3. The van der Waals surface area contributed by atoms with Crippen molar-refractivity contribution in [3.63, 3.8) is 0 Å². The number of piperazine rings is 1. The van der Waals surface area contributed by atoms with E-state index in [1.54, 1.807) is 18.9 Å². The van der Waals surface area contributed by atoms with Crippen LogP contribution >= 0.6 is 0 Å². The molecular formula is C23H27N7O3. The molecule has 0 atom stereocenters. The Labute approximate surface area is 191 Å². The standard InChI is InChI=1S/C23H27N7O3/c1-16-13-21(31)30(15-24-16)14-22(32)28-8-10-29(11-9-28)23-25-17(2)12-20(27-23)26-18-4-6-19(33-3)7-5-18/h4-7,12-13,15H,8-11,14H2,1-3H3,(H,25,26,27). The van der Waals surface area contributed by atoms with Crippen LogP contribution in [0.5, 0.6) is 5.75 Å². The lowest BCUT2D eigenvalue weighted by Gasteiger charge is -2.35. The summed E-state index contributed by atoms with van der Waals surface area (Å²) in [5, 5.41) is 3.30. The maximum Gasteiger partial charge on any atom is 0.253 e. The normalized spacial score (nSPS) is 13.7. The molecule has 1 N–H and O–H groups in total. The number of carbonyl (C=O) groups excluding carboxylic acids is 1. The minimum atomic E-state index is -0.223. The van der Waals surface area contributed by atoms with Crippen molar-refractivity contribution in [3.05, 3.63) is 64.5 Å². The highest BCUT2D eigenvalue weighted by molar-refractivity contribution is 5.76. The van der Waals surface area contributed by atoms with Crippen LogP contribution in [-0.4, -0.2) is 63.6 Å². The molecule has 33 heavy (non-hydrogen) atoms. The van der Waals surface area contributed by atoms with Crippen LogP contribution in [0.3, 0.4) is 0 Å². The van der Waals surface area contributed by atoms with Gasteiger partial charge in [0.15, 0.2) is 0 Å². The molecule has 10 nitrogen and oxygen atoms in total. The molecule has 2 aromatic heterocycles. The molecule has 1 aromatic carbocycles. The Morgan fingerprint density at radius 3 is 2.42 bits per heavy atom. The zero-order chi connectivity index (χ0) is 23.4. The van der Waals surface area contributed by atoms with Crippen molar-refractivity contribution in [3.8, 4) is 5.75 Å². The number of nitrogens with zero attached hydrogens (tertiary/aromatic N) is 6. The van der Waals surface area contributed by atoms with Crippen LogP contribution in [0, 0.1) is 13.8 Å². The molecule has 3 heterocycles. The van der Waals surface area contributed by atoms with Crippen LogP contribution in [-0.2, 0) is 11.3 Å². The molecule has 0 spiro atoms. The third-order valence-corrected chi connectivity index (χ3v) is 5.44. The molecule has 1 amide bonds. The van der Waals surface area contributed by atoms with Gasteiger partial charge in [-0.2, -0.15) is 4.98 Å². The van der Waals surface area contributed by atoms with Crippen molar-refractivity contribution in [2.24, 2.45) is 0 Å². The number of hydrogen-bond donors (Lipinski definition) is 1. The molecule has 4 rings (SSSR count). The summed E-state index contributed by atoms with van der Waals surface area (Å²) in [5.74, 6) is 2.01. The first-order valence-corrected chi connectivity index (χ1v) is 10.7. The Kier molecular flexibility index (Phi) is 6.53. The van der Waals surface area contributed by atoms with Crippen LogP contribution < -0.4 is 20.5 Å². The van der Waals surface area contributed by atoms with Crippen molar-refractivity contribution < 1.29 is 9.53 Å². The molecular weight excluding hydrogens is 422 g/mol. The van der Waals surface area contributed by atoms with E-state index in [1.165, 1.54) is 17.0 Å². The average Bonchev–Trinajstić information content (AvgIpc) is 2.81. The highest BCUT2D eigenvalue weighted by atomic mass is 16.5. The number of benzene rings is 1. The number of rotatable bonds is 6. The van der Waals surface area contributed by atoms with Gasteiger partial charge in [0.1, 0.15) is 18.1 Å². The molecule has 172 valence electrons. The SMILES string of the molecule is COc1ccc(Nc2cc(C)nc(N3CCN(C(=O)Cn4cnc(C)cc4=O)CC3)n2)cc1. The number of nitrogens with one attached hydrogen (secondary N) is 1. The predicted octanol–water partition coefficient (Wildman–Crippen LogP) is 1.75. The van der Waals surface area contributed by atoms with Gasteiger partial charge >= 0.3 is 0 Å². The lowest BCUT2D eigenvalue weighted by molar-refractivity contribution is -0.132. The van der Waals surface area contributed by atoms with E-state index in [0.717, 1.165) is 17.1 Å². The van der Waals surface area contributed by atoms with Crippen molar-refractivity contribution in [2.45, 2.75) is 20.4 Å². The van der Waals surface area contributed by atoms with Crippen molar-refractivity contribution in [2.75, 3.05) is 43.5 Å². The first kappa shape index (κ1) is 22.3. The molecule has 0 unspecified atom stereocenters. The molecule has 0 saturated carbocycles. The predicted molar refractivity (Wildman–Crippen MR) is 125 cm³/mol. The van der Waals surface area contributed by atoms with Gasteiger partial charge in [-0.25, -0.2) is 9.97 Å². The highest BCUT2D eigenvalue weighted by Gasteiger charge is 2.23. The number of hydrogen-bond acceptors (Lipinski definition) is 8. The maximum absolute atomic E-state index is 12.7. The van der Waals surface area contributed by atoms with Gasteiger partial charge in [-0.15, -0.1) is 0 Å². The molecule has 10 heteroatoms. The Balaban J connectivity index is 1.38. The lowest BCUT2D eigenvalue weighted by atomic mass is 10.3. The molecule has 1 fully saturated rings. The Bertz CT molecular complexity index is 1190. The van der Waals surface area contributed by atoms with E-state index in [1.807, 2.05) is 37.3 Å². The highest BCUT2D eigenvalue weighted by Crippen LogP contribution is 2.21. The van der Waals surface area contributed by atoms with Gasteiger partial charge in [-0.3, -0.25) is 14.2 Å². The zero-order valence-electron chi connectivity index (χ0n) is 19.0. The van der Waals surface area contributed by atoms with E-state index in [0.29, 0.717) is 43.6 Å². The fourth-order valence-corrected chi connectivity index (χ4v) is 3.62. The Morgan fingerprint density at radius 2 is 1.76 bits per heavy atom. The van der Waals surface area contributed by atoms with Gasteiger partial charge in [0.25, 0.3) is 5.56 Å². The second kappa shape index (κ2) is 9.68. The van der Waals surface area contributed by atoms with E-state index >= 15 is 0 Å². The first-order valence-electron chi connectivity index (χ1n) is 10.7. The summed E-state index contributed by atoms with van der Waals surface area (Å²) in [6, 6.07) is 10.9. The van der Waals surface area contributed by atoms with Crippen LogP contribution in [0.1, 0.15) is 11.4 Å². The smallest absolute Gasteiger partial charge is 0.253 e. The lowest BCUT2D eigenvalue weighted by Crippen LogP contribution is -2.50. The molecule has 1 aliphatic rings. The third-order valence-electron chi connectivity index (χ3n) is 5.44. The summed E-state index contributed by atoms with van der Waals surface area (Å²) in [6.07, 6.45) is 1.42. The van der Waals surface area contributed by atoms with Gasteiger partial charge in [0, 0.05) is 55.4 Å². The monoisotopic (exact) mass is 449 g/mol. The third kappa shape index (κ3) is 5.46. The second-order valence-electron chi connectivity index (χ2n) is 7.91. The molecule has 0 bridgehead atoms. The van der Waals surface area contributed by atoms with E-state index < -0.39 is 0 Å². The first-order chi connectivity index (χ1) is 15.9. The van der Waals surface area contributed by atoms with Gasteiger partial charge in [-0.1, -0.05) is 0 Å². The number of amides is 1. The van der Waals surface area contributed by atoms with Crippen molar-refractivity contribution in [1.29, 1.82) is 0 Å². The van der Waals surface area contributed by atoms with Crippen LogP contribution in [0.4, 0.5) is 17.5 Å². The van der Waals surface area contributed by atoms with E-state index in [4.69, 9.17) is 4.74 Å². The molecule has 0 aliphatic carbocycles. The van der Waals surface area contributed by atoms with Crippen molar-refractivity contribution >= 4 is 23.4 Å². The van der Waals surface area contributed by atoms with E-state index in [2.05, 4.69) is 25.2 Å². The molecule has 0 radical (unpaired) electrons. The average molecular weight is 450 g/mol. The molecule has 1 saturated heterocycles. The maximum atomic E-state index is 12.7. The summed E-state index contributed by atoms with van der Waals surface area (Å²) in [4.78, 5) is 41.9. The Morgan fingerprint density at radius 1 is 1.03 bits per heavy atom. The topological polar surface area (TPSA) is 105 Å². The fourth-order valence-electron chi connectivity index (χ4n) is 3.62. The van der Waals surface area contributed by atoms with Crippen LogP contribution in [0.25, 0.3) is 0 Å². The minimum absolute atomic E-state index is 0.0109. The summed E-state index contributed by atoms with van der Waals surface area (Å²) in [6.45, 7) is 5.95. The summed E-state index contributed by atoms with van der Waals surface area (Å²) >= 11 is 0. The molecule has 3 aromatic rings. The van der Waals surface area contributed by atoms with Crippen molar-refractivity contribution in [1.82, 2.24) is 24.4 Å².